The molecule has 0 aliphatic carbocycles. The van der Waals surface area contributed by atoms with Crippen molar-refractivity contribution in [2.45, 2.75) is 19.4 Å². The second kappa shape index (κ2) is 8.73. The number of benzene rings is 1. The number of hydrogen-bond donors (Lipinski definition) is 2. The topological polar surface area (TPSA) is 120 Å². The van der Waals surface area contributed by atoms with Gasteiger partial charge in [0.25, 0.3) is 0 Å². The van der Waals surface area contributed by atoms with Crippen molar-refractivity contribution in [2.75, 3.05) is 34.1 Å². The van der Waals surface area contributed by atoms with E-state index in [4.69, 9.17) is 4.74 Å². The number of halogens is 3. The summed E-state index contributed by atoms with van der Waals surface area (Å²) in [6.45, 7) is 1.29. The first-order valence-electron chi connectivity index (χ1n) is 9.90. The highest BCUT2D eigenvalue weighted by molar-refractivity contribution is 7.53. The van der Waals surface area contributed by atoms with E-state index in [0.717, 1.165) is 6.26 Å². The van der Waals surface area contributed by atoms with Crippen molar-refractivity contribution < 1.29 is 41.6 Å². The van der Waals surface area contributed by atoms with E-state index in [1.165, 1.54) is 17.2 Å². The Labute approximate surface area is 186 Å². The van der Waals surface area contributed by atoms with E-state index in [0.29, 0.717) is 28.6 Å². The molecule has 2 aliphatic heterocycles. The van der Waals surface area contributed by atoms with E-state index in [1.54, 1.807) is 6.08 Å². The van der Waals surface area contributed by atoms with Gasteiger partial charge >= 0.3 is 13.8 Å². The van der Waals surface area contributed by atoms with Gasteiger partial charge < -0.3 is 23.9 Å². The van der Waals surface area contributed by atoms with Crippen molar-refractivity contribution in [1.29, 1.82) is 0 Å². The van der Waals surface area contributed by atoms with Crippen LogP contribution in [0.1, 0.15) is 13.3 Å². The van der Waals surface area contributed by atoms with Gasteiger partial charge in [0, 0.05) is 24.9 Å². The lowest BCUT2D eigenvalue weighted by molar-refractivity contribution is 0.144. The van der Waals surface area contributed by atoms with Crippen molar-refractivity contribution >= 4 is 31.0 Å². The third-order valence-corrected chi connectivity index (χ3v) is 6.36. The number of anilines is 3. The number of hydrogen-bond acceptors (Lipinski definition) is 6. The molecule has 1 saturated heterocycles. The minimum atomic E-state index is -4.89. The van der Waals surface area contributed by atoms with E-state index < -0.39 is 61.9 Å². The molecule has 0 spiro atoms. The zero-order chi connectivity index (χ0) is 23.9. The van der Waals surface area contributed by atoms with Crippen molar-refractivity contribution in [3.05, 3.63) is 48.1 Å². The van der Waals surface area contributed by atoms with Crippen LogP contribution in [0.15, 0.2) is 35.2 Å². The molecule has 1 fully saturated rings. The average Bonchev–Trinajstić information content (AvgIpc) is 3.39. The van der Waals surface area contributed by atoms with Crippen LogP contribution in [0.5, 0.6) is 0 Å². The van der Waals surface area contributed by atoms with Crippen LogP contribution in [0.3, 0.4) is 0 Å². The second-order valence-electron chi connectivity index (χ2n) is 7.72. The summed E-state index contributed by atoms with van der Waals surface area (Å²) in [7, 11) is -4.89. The number of amides is 1. The molecule has 0 bridgehead atoms. The van der Waals surface area contributed by atoms with E-state index in [-0.39, 0.29) is 11.7 Å². The molecule has 10 nitrogen and oxygen atoms in total. The lowest BCUT2D eigenvalue weighted by Gasteiger charge is -2.28. The molecule has 3 heterocycles. The third kappa shape index (κ3) is 4.56. The zero-order valence-electron chi connectivity index (χ0n) is 17.3. The number of carbonyl (C=O) groups is 1. The maximum atomic E-state index is 14.9. The molecule has 2 N–H and O–H groups in total. The maximum absolute atomic E-state index is 14.9. The average molecular weight is 488 g/mol. The van der Waals surface area contributed by atoms with Crippen LogP contribution in [-0.4, -0.2) is 46.8 Å². The molecule has 33 heavy (non-hydrogen) atoms. The highest BCUT2D eigenvalue weighted by Gasteiger charge is 2.40. The quantitative estimate of drug-likeness (QED) is 0.466. The van der Waals surface area contributed by atoms with Crippen LogP contribution >= 0.6 is 7.75 Å². The molecular formula is C19H20F3N4O6P. The van der Waals surface area contributed by atoms with Gasteiger partial charge in [0.05, 0.1) is 18.8 Å². The van der Waals surface area contributed by atoms with Gasteiger partial charge in [-0.25, -0.2) is 22.5 Å². The zero-order valence-corrected chi connectivity index (χ0v) is 18.2. The summed E-state index contributed by atoms with van der Waals surface area (Å²) in [6, 6.07) is 1.88. The van der Waals surface area contributed by atoms with Crippen LogP contribution in [0.4, 0.5) is 35.2 Å². The van der Waals surface area contributed by atoms with Crippen molar-refractivity contribution in [3.8, 4) is 0 Å². The van der Waals surface area contributed by atoms with Gasteiger partial charge in [-0.3, -0.25) is 9.57 Å². The Balaban J connectivity index is 1.58. The standard InChI is InChI=1S/C19H20F3N4O6P/c1-11-2-5-24(6-3-11)18-13(20)8-14(16(21)17(18)22)25-9-12(32-19(25)27)10-26(33(28,29)30)15-4-7-31-23-15/h2,4-5,7-8,11-12H,3,6,9-10H2,1H3,(H2,28,29,30). The molecule has 178 valence electrons. The summed E-state index contributed by atoms with van der Waals surface area (Å²) in [6.07, 6.45) is 2.65. The smallest absolute Gasteiger partial charge is 0.431 e. The lowest BCUT2D eigenvalue weighted by Crippen LogP contribution is -2.33. The summed E-state index contributed by atoms with van der Waals surface area (Å²) in [5, 5.41) is 3.45. The third-order valence-electron chi connectivity index (χ3n) is 5.37. The Hall–Kier alpha value is -3.02. The fourth-order valence-corrected chi connectivity index (χ4v) is 4.43. The predicted octanol–water partition coefficient (Wildman–Crippen LogP) is 3.38. The van der Waals surface area contributed by atoms with Gasteiger partial charge in [-0.05, 0) is 12.3 Å². The first kappa shape index (κ1) is 23.1. The van der Waals surface area contributed by atoms with Gasteiger partial charge in [-0.2, -0.15) is 0 Å². The number of rotatable bonds is 6. The first-order chi connectivity index (χ1) is 15.6. The highest BCUT2D eigenvalue weighted by atomic mass is 31.2. The van der Waals surface area contributed by atoms with Crippen LogP contribution in [0.2, 0.25) is 0 Å². The minimum Gasteiger partial charge on any atom is -0.442 e. The minimum absolute atomic E-state index is 0.214. The maximum Gasteiger partial charge on any atom is 0.431 e. The molecule has 1 aromatic heterocycles. The van der Waals surface area contributed by atoms with Crippen molar-refractivity contribution in [1.82, 2.24) is 5.16 Å². The number of carbonyl (C=O) groups excluding carboxylic acids is 1. The number of cyclic esters (lactones) is 1. The fraction of sp³-hybridized carbons (Fsp3) is 0.368. The molecule has 1 amide bonds. The molecular weight excluding hydrogens is 468 g/mol. The van der Waals surface area contributed by atoms with Gasteiger partial charge in [0.15, 0.2) is 23.3 Å². The fourth-order valence-electron chi connectivity index (χ4n) is 3.66. The molecule has 0 saturated carbocycles. The first-order valence-corrected chi connectivity index (χ1v) is 11.5. The van der Waals surface area contributed by atoms with Gasteiger partial charge in [-0.15, -0.1) is 0 Å². The van der Waals surface area contributed by atoms with E-state index in [2.05, 4.69) is 9.68 Å². The number of allylic oxidation sites excluding steroid dienone is 1. The predicted molar refractivity (Wildman–Crippen MR) is 110 cm³/mol. The Morgan fingerprint density at radius 2 is 2.06 bits per heavy atom. The summed E-state index contributed by atoms with van der Waals surface area (Å²) in [5.74, 6) is -3.97. The molecule has 2 aromatic rings. The number of aromatic nitrogens is 1. The SMILES string of the molecule is CC1C=CN(c2c(F)cc(N3CC(CN(c4ccon4)P(=O)(O)O)OC3=O)c(F)c2F)CC1. The van der Waals surface area contributed by atoms with Crippen molar-refractivity contribution in [3.63, 3.8) is 0 Å². The number of ether oxygens (including phenoxy) is 1. The molecule has 0 radical (unpaired) electrons. The van der Waals surface area contributed by atoms with Crippen LogP contribution in [0.25, 0.3) is 0 Å². The highest BCUT2D eigenvalue weighted by Crippen LogP contribution is 2.44. The van der Waals surface area contributed by atoms with Gasteiger partial charge in [0.2, 0.25) is 0 Å². The Morgan fingerprint density at radius 1 is 1.30 bits per heavy atom. The van der Waals surface area contributed by atoms with E-state index in [1.807, 2.05) is 6.92 Å². The largest absolute Gasteiger partial charge is 0.442 e. The summed E-state index contributed by atoms with van der Waals surface area (Å²) < 4.78 is 66.5. The van der Waals surface area contributed by atoms with Crippen LogP contribution in [0, 0.1) is 23.4 Å². The summed E-state index contributed by atoms with van der Waals surface area (Å²) in [5.41, 5.74) is -1.25. The van der Waals surface area contributed by atoms with E-state index >= 15 is 0 Å². The summed E-state index contributed by atoms with van der Waals surface area (Å²) in [4.78, 5) is 33.4. The summed E-state index contributed by atoms with van der Waals surface area (Å²) >= 11 is 0. The van der Waals surface area contributed by atoms with Gasteiger partial charge in [0.1, 0.15) is 18.1 Å². The molecule has 14 heteroatoms. The van der Waals surface area contributed by atoms with Crippen molar-refractivity contribution in [2.24, 2.45) is 5.92 Å². The Bertz CT molecular complexity index is 1130. The van der Waals surface area contributed by atoms with Crippen LogP contribution in [-0.2, 0) is 9.30 Å². The molecule has 2 unspecified atom stereocenters. The molecule has 4 rings (SSSR count). The monoisotopic (exact) mass is 488 g/mol. The molecule has 2 atom stereocenters. The van der Waals surface area contributed by atoms with Crippen LogP contribution < -0.4 is 14.5 Å². The Kier molecular flexibility index (Phi) is 6.12. The lowest BCUT2D eigenvalue weighted by atomic mass is 10.0. The number of nitrogens with zero attached hydrogens (tertiary/aromatic N) is 4. The van der Waals surface area contributed by atoms with Gasteiger partial charge in [-0.1, -0.05) is 18.2 Å². The molecule has 1 aromatic carbocycles. The second-order valence-corrected chi connectivity index (χ2v) is 9.23. The molecule has 2 aliphatic rings. The Morgan fingerprint density at radius 3 is 2.67 bits per heavy atom. The van der Waals surface area contributed by atoms with E-state index in [9.17, 15) is 32.3 Å². The normalized spacial score (nSPS) is 21.0.